The lowest BCUT2D eigenvalue weighted by molar-refractivity contribution is -0.161. The van der Waals surface area contributed by atoms with E-state index < -0.39 is 84.5 Å². The first-order valence-electron chi connectivity index (χ1n) is 21.1. The average Bonchev–Trinajstić information content (AvgIpc) is 3.18. The van der Waals surface area contributed by atoms with E-state index in [2.05, 4.69) is 29.8 Å². The van der Waals surface area contributed by atoms with E-state index in [0.717, 1.165) is 57.3 Å². The third-order valence-corrected chi connectivity index (χ3v) is 10.6. The minimum atomic E-state index is -4.90. The van der Waals surface area contributed by atoms with Crippen molar-refractivity contribution < 1.29 is 76.9 Å². The van der Waals surface area contributed by atoms with E-state index in [1.165, 1.54) is 38.2 Å². The smallest absolute Gasteiger partial charge is 0.462 e. The van der Waals surface area contributed by atoms with Crippen LogP contribution in [-0.4, -0.2) is 104 Å². The van der Waals surface area contributed by atoms with Crippen LogP contribution in [0, 0.1) is 5.92 Å². The van der Waals surface area contributed by atoms with E-state index in [1.54, 1.807) is 42.5 Å². The first-order chi connectivity index (χ1) is 28.0. The summed E-state index contributed by atoms with van der Waals surface area (Å²) in [5.41, 5.74) is 0. The van der Waals surface area contributed by atoms with Crippen molar-refractivity contribution in [3.63, 3.8) is 0 Å². The zero-order valence-electron chi connectivity index (χ0n) is 35.3. The molecule has 0 bridgehead atoms. The fourth-order valence-corrected chi connectivity index (χ4v) is 6.51. The molecule has 0 radical (unpaired) electrons. The van der Waals surface area contributed by atoms with E-state index >= 15 is 0 Å². The average molecular weight is 885 g/mol. The van der Waals surface area contributed by atoms with Gasteiger partial charge in [0.05, 0.1) is 38.1 Å². The van der Waals surface area contributed by atoms with Crippen molar-refractivity contribution in [2.75, 3.05) is 26.4 Å². The van der Waals surface area contributed by atoms with Gasteiger partial charge in [-0.05, 0) is 31.6 Å². The first kappa shape index (κ1) is 57.0. The lowest BCUT2D eigenvalue weighted by atomic mass is 9.99. The number of ether oxygens (including phenoxy) is 2. The third kappa shape index (κ3) is 37.5. The van der Waals surface area contributed by atoms with Crippen LogP contribution in [0.4, 0.5) is 0 Å². The highest BCUT2D eigenvalue weighted by Crippen LogP contribution is 2.43. The maximum absolute atomic E-state index is 12.6. The van der Waals surface area contributed by atoms with Gasteiger partial charge in [-0.3, -0.25) is 23.2 Å². The number of hydrogen-bond donors (Lipinski definition) is 7. The monoisotopic (exact) mass is 884 g/mol. The topological polar surface area (TPSA) is 256 Å². The van der Waals surface area contributed by atoms with Crippen LogP contribution >= 0.6 is 15.6 Å². The molecule has 16 nitrogen and oxygen atoms in total. The molecule has 0 aromatic rings. The van der Waals surface area contributed by atoms with Crippen molar-refractivity contribution in [1.29, 1.82) is 0 Å². The SMILES string of the molecule is CCCCC[C@@H](O)/C=C/C=C\C=C\C=C\[C@@H](O)[C@H](O)CCCC(=O)OC[C@H](COP(=O)(O)OC[C@@H](O)COP(=O)(O)O)OC(=O)CCCCCCCCCCC(C)CC. The second-order valence-electron chi connectivity index (χ2n) is 14.7. The minimum absolute atomic E-state index is 0.0567. The molecule has 0 aliphatic heterocycles. The Balaban J connectivity index is 4.87. The number of hydrogen-bond acceptors (Lipinski definition) is 13. The number of carbonyl (C=O) groups is 2. The molecule has 7 N–H and O–H groups in total. The number of carbonyl (C=O) groups excluding carboxylic acids is 2. The maximum atomic E-state index is 12.6. The van der Waals surface area contributed by atoms with Crippen LogP contribution in [0.1, 0.15) is 136 Å². The second-order valence-corrected chi connectivity index (χ2v) is 17.4. The Kier molecular flexibility index (Phi) is 34.3. The summed E-state index contributed by atoms with van der Waals surface area (Å²) in [5.74, 6) is -0.603. The van der Waals surface area contributed by atoms with E-state index in [-0.39, 0.29) is 25.7 Å². The molecule has 344 valence electrons. The van der Waals surface area contributed by atoms with Crippen molar-refractivity contribution in [3.8, 4) is 0 Å². The Morgan fingerprint density at radius 2 is 1.14 bits per heavy atom. The quantitative estimate of drug-likeness (QED) is 0.0142. The van der Waals surface area contributed by atoms with Gasteiger partial charge in [0.1, 0.15) is 12.7 Å². The fourth-order valence-electron chi connectivity index (χ4n) is 5.35. The standard InChI is InChI=1S/C41H74O16P2/c1-4-6-17-24-35(42)25-19-14-11-12-15-20-26-38(44)39(45)27-22-29-40(46)53-32-37(33-56-59(51,52)55-31-36(43)30-54-58(48,49)50)57-41(47)28-21-16-10-8-7-9-13-18-23-34(3)5-2/h11-12,14-15,19-20,25-26,34-39,42-45H,4-10,13,16-18,21-24,27-33H2,1-3H3,(H,51,52)(H2,48,49,50)/b14-11-,15-12+,25-19+,26-20+/t34?,35-,36+,37-,38-,39-/m1/s1. The molecule has 18 heteroatoms. The predicted molar refractivity (Wildman–Crippen MR) is 225 cm³/mol. The molecule has 0 rings (SSSR count). The molecular weight excluding hydrogens is 810 g/mol. The van der Waals surface area contributed by atoms with Crippen LogP contribution in [0.5, 0.6) is 0 Å². The number of unbranched alkanes of at least 4 members (excludes halogenated alkanes) is 9. The Labute approximate surface area is 351 Å². The zero-order valence-corrected chi connectivity index (χ0v) is 37.1. The molecule has 0 heterocycles. The lowest BCUT2D eigenvalue weighted by Gasteiger charge is -2.20. The summed E-state index contributed by atoms with van der Waals surface area (Å²) in [6.07, 6.45) is 22.1. The van der Waals surface area contributed by atoms with Gasteiger partial charge in [0.2, 0.25) is 0 Å². The Morgan fingerprint density at radius 3 is 1.76 bits per heavy atom. The number of esters is 2. The molecule has 7 atom stereocenters. The summed E-state index contributed by atoms with van der Waals surface area (Å²) >= 11 is 0. The molecule has 0 aromatic carbocycles. The molecule has 0 saturated heterocycles. The highest BCUT2D eigenvalue weighted by atomic mass is 31.2. The van der Waals surface area contributed by atoms with Crippen LogP contribution in [0.25, 0.3) is 0 Å². The van der Waals surface area contributed by atoms with Gasteiger partial charge < -0.3 is 44.6 Å². The lowest BCUT2D eigenvalue weighted by Crippen LogP contribution is -2.30. The number of rotatable bonds is 38. The van der Waals surface area contributed by atoms with Gasteiger partial charge in [0, 0.05) is 12.8 Å². The van der Waals surface area contributed by atoms with Crippen LogP contribution in [0.3, 0.4) is 0 Å². The minimum Gasteiger partial charge on any atom is -0.462 e. The first-order valence-corrected chi connectivity index (χ1v) is 24.1. The maximum Gasteiger partial charge on any atom is 0.472 e. The molecule has 0 amide bonds. The summed E-state index contributed by atoms with van der Waals surface area (Å²) in [4.78, 5) is 52.6. The number of phosphoric ester groups is 2. The van der Waals surface area contributed by atoms with E-state index in [0.29, 0.717) is 6.42 Å². The summed E-state index contributed by atoms with van der Waals surface area (Å²) in [6.45, 7) is 3.52. The van der Waals surface area contributed by atoms with Gasteiger partial charge in [-0.1, -0.05) is 146 Å². The Bertz CT molecular complexity index is 1300. The van der Waals surface area contributed by atoms with Crippen molar-refractivity contribution in [2.24, 2.45) is 5.92 Å². The summed E-state index contributed by atoms with van der Waals surface area (Å²) < 4.78 is 47.4. The van der Waals surface area contributed by atoms with Gasteiger partial charge in [-0.25, -0.2) is 9.13 Å². The largest absolute Gasteiger partial charge is 0.472 e. The highest BCUT2D eigenvalue weighted by molar-refractivity contribution is 7.47. The van der Waals surface area contributed by atoms with Crippen molar-refractivity contribution in [3.05, 3.63) is 48.6 Å². The molecule has 2 unspecified atom stereocenters. The van der Waals surface area contributed by atoms with Crippen molar-refractivity contribution >= 4 is 27.6 Å². The molecule has 0 aliphatic rings. The van der Waals surface area contributed by atoms with Crippen molar-refractivity contribution in [1.82, 2.24) is 0 Å². The van der Waals surface area contributed by atoms with E-state index in [9.17, 15) is 44.0 Å². The molecule has 59 heavy (non-hydrogen) atoms. The third-order valence-electron chi connectivity index (χ3n) is 9.12. The van der Waals surface area contributed by atoms with Gasteiger partial charge in [-0.15, -0.1) is 0 Å². The van der Waals surface area contributed by atoms with Gasteiger partial charge in [-0.2, -0.15) is 0 Å². The van der Waals surface area contributed by atoms with E-state index in [1.807, 2.05) is 0 Å². The molecule has 0 saturated carbocycles. The number of phosphoric acid groups is 2. The number of allylic oxidation sites excluding steroid dienone is 6. The van der Waals surface area contributed by atoms with Crippen molar-refractivity contribution in [2.45, 2.75) is 167 Å². The van der Waals surface area contributed by atoms with Gasteiger partial charge >= 0.3 is 27.6 Å². The van der Waals surface area contributed by atoms with Gasteiger partial charge in [0.25, 0.3) is 0 Å². The van der Waals surface area contributed by atoms with Crippen LogP contribution in [0.15, 0.2) is 48.6 Å². The molecule has 0 aromatic heterocycles. The van der Waals surface area contributed by atoms with Crippen LogP contribution < -0.4 is 0 Å². The second kappa shape index (κ2) is 35.5. The van der Waals surface area contributed by atoms with Crippen LogP contribution in [-0.2, 0) is 41.8 Å². The molecular formula is C41H74O16P2. The summed E-state index contributed by atoms with van der Waals surface area (Å²) in [7, 11) is -9.79. The highest BCUT2D eigenvalue weighted by Gasteiger charge is 2.28. The molecule has 0 fully saturated rings. The molecule has 0 aliphatic carbocycles. The number of aliphatic hydroxyl groups excluding tert-OH is 4. The van der Waals surface area contributed by atoms with Gasteiger partial charge in [0.15, 0.2) is 6.10 Å². The Hall–Kier alpha value is -2.04. The normalized spacial score (nSPS) is 16.7. The zero-order chi connectivity index (χ0) is 44.4. The van der Waals surface area contributed by atoms with E-state index in [4.69, 9.17) is 23.8 Å². The predicted octanol–water partition coefficient (Wildman–Crippen LogP) is 7.05. The summed E-state index contributed by atoms with van der Waals surface area (Å²) in [6, 6.07) is 0. The summed E-state index contributed by atoms with van der Waals surface area (Å²) in [5, 5.41) is 40.2. The molecule has 0 spiro atoms. The Morgan fingerprint density at radius 1 is 0.593 bits per heavy atom. The fraction of sp³-hybridized carbons (Fsp3) is 0.756. The number of aliphatic hydroxyl groups is 4. The van der Waals surface area contributed by atoms with Crippen LogP contribution in [0.2, 0.25) is 0 Å².